The molecule has 0 saturated carbocycles. The van der Waals surface area contributed by atoms with Gasteiger partial charge in [-0.05, 0) is 11.6 Å². The fraction of sp³-hybridized carbons (Fsp3) is 0.318. The highest BCUT2D eigenvalue weighted by molar-refractivity contribution is 7.80. The number of carboxylic acids is 1. The molecule has 0 saturated heterocycles. The molecule has 0 radical (unpaired) electrons. The fourth-order valence-corrected chi connectivity index (χ4v) is 3.70. The standard InChI is InChI=1S/C22H27N7O5S/c23-15(6-13-8-24-11-27-13)20(31)29-17(5-12-7-25-16-4-2-1-3-14(12)16)21(32)26-9-19(30)28-18(10-35)22(33)34/h1-4,7-8,11,15,17-18,25,35H,5-6,9-10,23H2,(H,24,27)(H,26,32)(H,28,30)(H,29,31)(H,33,34). The second kappa shape index (κ2) is 12.0. The van der Waals surface area contributed by atoms with Gasteiger partial charge in [0.25, 0.3) is 0 Å². The van der Waals surface area contributed by atoms with Gasteiger partial charge in [-0.1, -0.05) is 18.2 Å². The summed E-state index contributed by atoms with van der Waals surface area (Å²) in [5.41, 5.74) is 8.34. The number of nitrogens with zero attached hydrogens (tertiary/aromatic N) is 1. The van der Waals surface area contributed by atoms with E-state index in [1.54, 1.807) is 12.4 Å². The van der Waals surface area contributed by atoms with Gasteiger partial charge < -0.3 is 36.8 Å². The van der Waals surface area contributed by atoms with Gasteiger partial charge in [0.2, 0.25) is 17.7 Å². The summed E-state index contributed by atoms with van der Waals surface area (Å²) in [4.78, 5) is 58.8. The lowest BCUT2D eigenvalue weighted by atomic mass is 10.0. The number of aromatic amines is 2. The van der Waals surface area contributed by atoms with Crippen molar-refractivity contribution in [3.8, 4) is 0 Å². The molecule has 3 aromatic rings. The number of benzene rings is 1. The van der Waals surface area contributed by atoms with Gasteiger partial charge in [-0.15, -0.1) is 0 Å². The van der Waals surface area contributed by atoms with Crippen LogP contribution in [0.15, 0.2) is 43.0 Å². The van der Waals surface area contributed by atoms with E-state index in [2.05, 4.69) is 43.5 Å². The lowest BCUT2D eigenvalue weighted by Gasteiger charge is -2.21. The first-order valence-electron chi connectivity index (χ1n) is 10.8. The average Bonchev–Trinajstić information content (AvgIpc) is 3.50. The van der Waals surface area contributed by atoms with Crippen LogP contribution in [0, 0.1) is 0 Å². The van der Waals surface area contributed by atoms with Crippen LogP contribution < -0.4 is 21.7 Å². The largest absolute Gasteiger partial charge is 0.480 e. The molecule has 2 aromatic heterocycles. The normalized spacial score (nSPS) is 13.5. The fourth-order valence-electron chi connectivity index (χ4n) is 3.46. The highest BCUT2D eigenvalue weighted by Crippen LogP contribution is 2.19. The lowest BCUT2D eigenvalue weighted by molar-refractivity contribution is -0.141. The highest BCUT2D eigenvalue weighted by Gasteiger charge is 2.26. The van der Waals surface area contributed by atoms with Gasteiger partial charge in [-0.25, -0.2) is 9.78 Å². The van der Waals surface area contributed by atoms with E-state index in [1.165, 1.54) is 6.33 Å². The monoisotopic (exact) mass is 501 g/mol. The summed E-state index contributed by atoms with van der Waals surface area (Å²) in [6.45, 7) is -0.475. The number of amides is 3. The zero-order chi connectivity index (χ0) is 25.4. The zero-order valence-corrected chi connectivity index (χ0v) is 19.5. The Morgan fingerprint density at radius 1 is 1.06 bits per heavy atom. The molecular formula is C22H27N7O5S. The smallest absolute Gasteiger partial charge is 0.327 e. The van der Waals surface area contributed by atoms with Gasteiger partial charge in [-0.2, -0.15) is 12.6 Å². The lowest BCUT2D eigenvalue weighted by Crippen LogP contribution is -2.54. The van der Waals surface area contributed by atoms with E-state index in [9.17, 15) is 19.2 Å². The number of H-pyrrole nitrogens is 2. The van der Waals surface area contributed by atoms with Crippen molar-refractivity contribution in [1.82, 2.24) is 30.9 Å². The van der Waals surface area contributed by atoms with Gasteiger partial charge in [0, 0.05) is 47.6 Å². The number of hydrogen-bond acceptors (Lipinski definition) is 7. The maximum atomic E-state index is 13.0. The molecule has 35 heavy (non-hydrogen) atoms. The number of hydrogen-bond donors (Lipinski definition) is 8. The van der Waals surface area contributed by atoms with E-state index in [1.807, 2.05) is 24.3 Å². The van der Waals surface area contributed by atoms with Gasteiger partial charge in [0.15, 0.2) is 0 Å². The molecule has 13 heteroatoms. The first-order valence-corrected chi connectivity index (χ1v) is 11.4. The molecule has 186 valence electrons. The van der Waals surface area contributed by atoms with E-state index in [0.29, 0.717) is 5.69 Å². The quantitative estimate of drug-likeness (QED) is 0.147. The Kier molecular flexibility index (Phi) is 8.86. The molecule has 2 heterocycles. The predicted octanol–water partition coefficient (Wildman–Crippen LogP) is -0.896. The molecule has 0 fully saturated rings. The number of carboxylic acid groups (broad SMARTS) is 1. The number of imidazole rings is 1. The highest BCUT2D eigenvalue weighted by atomic mass is 32.1. The molecular weight excluding hydrogens is 474 g/mol. The van der Waals surface area contributed by atoms with Crippen molar-refractivity contribution < 1.29 is 24.3 Å². The molecule has 0 bridgehead atoms. The van der Waals surface area contributed by atoms with Crippen LogP contribution in [-0.2, 0) is 32.0 Å². The number of carbonyl (C=O) groups is 4. The minimum Gasteiger partial charge on any atom is -0.480 e. The van der Waals surface area contributed by atoms with Crippen molar-refractivity contribution in [3.63, 3.8) is 0 Å². The van der Waals surface area contributed by atoms with Crippen molar-refractivity contribution in [2.45, 2.75) is 31.0 Å². The molecule has 12 nitrogen and oxygen atoms in total. The van der Waals surface area contributed by atoms with Crippen molar-refractivity contribution in [1.29, 1.82) is 0 Å². The number of para-hydroxylation sites is 1. The maximum absolute atomic E-state index is 13.0. The van der Waals surface area contributed by atoms with E-state index < -0.39 is 48.4 Å². The molecule has 0 aliphatic rings. The van der Waals surface area contributed by atoms with Crippen molar-refractivity contribution in [2.75, 3.05) is 12.3 Å². The first kappa shape index (κ1) is 25.8. The van der Waals surface area contributed by atoms with Gasteiger partial charge >= 0.3 is 5.97 Å². The Labute approximate surface area is 205 Å². The molecule has 0 aliphatic carbocycles. The number of aliphatic carboxylic acids is 1. The van der Waals surface area contributed by atoms with Crippen molar-refractivity contribution in [3.05, 3.63) is 54.2 Å². The third-order valence-electron chi connectivity index (χ3n) is 5.30. The molecule has 3 unspecified atom stereocenters. The summed E-state index contributed by atoms with van der Waals surface area (Å²) < 4.78 is 0. The van der Waals surface area contributed by atoms with E-state index in [-0.39, 0.29) is 18.6 Å². The zero-order valence-electron chi connectivity index (χ0n) is 18.7. The van der Waals surface area contributed by atoms with Crippen LogP contribution in [0.3, 0.4) is 0 Å². The summed E-state index contributed by atoms with van der Waals surface area (Å²) >= 11 is 3.89. The van der Waals surface area contributed by atoms with Crippen LogP contribution in [0.4, 0.5) is 0 Å². The summed E-state index contributed by atoms with van der Waals surface area (Å²) in [6.07, 6.45) is 5.10. The Morgan fingerprint density at radius 3 is 2.51 bits per heavy atom. The van der Waals surface area contributed by atoms with Crippen molar-refractivity contribution in [2.24, 2.45) is 5.73 Å². The van der Waals surface area contributed by atoms with Crippen LogP contribution in [0.5, 0.6) is 0 Å². The van der Waals surface area contributed by atoms with E-state index in [0.717, 1.165) is 16.5 Å². The molecule has 0 spiro atoms. The Morgan fingerprint density at radius 2 is 1.83 bits per heavy atom. The molecule has 3 rings (SSSR count). The van der Waals surface area contributed by atoms with Gasteiger partial charge in [0.1, 0.15) is 12.1 Å². The Balaban J connectivity index is 1.69. The van der Waals surface area contributed by atoms with E-state index >= 15 is 0 Å². The van der Waals surface area contributed by atoms with Crippen LogP contribution in [-0.4, -0.2) is 74.2 Å². The van der Waals surface area contributed by atoms with Gasteiger partial charge in [-0.3, -0.25) is 14.4 Å². The van der Waals surface area contributed by atoms with Crippen LogP contribution in [0.2, 0.25) is 0 Å². The van der Waals surface area contributed by atoms with Crippen LogP contribution >= 0.6 is 12.6 Å². The number of aromatic nitrogens is 3. The molecule has 3 amide bonds. The summed E-state index contributed by atoms with van der Waals surface area (Å²) in [6, 6.07) is 4.34. The first-order chi connectivity index (χ1) is 16.8. The number of carbonyl (C=O) groups excluding carboxylic acids is 3. The molecule has 3 atom stereocenters. The van der Waals surface area contributed by atoms with Crippen LogP contribution in [0.25, 0.3) is 10.9 Å². The summed E-state index contributed by atoms with van der Waals surface area (Å²) in [5.74, 6) is -3.22. The SMILES string of the molecule is NC(Cc1cnc[nH]1)C(=O)NC(Cc1c[nH]c2ccccc12)C(=O)NCC(=O)NC(CS)C(=O)O. The average molecular weight is 502 g/mol. The van der Waals surface area contributed by atoms with Crippen molar-refractivity contribution >= 4 is 47.2 Å². The molecule has 0 aliphatic heterocycles. The maximum Gasteiger partial charge on any atom is 0.327 e. The second-order valence-electron chi connectivity index (χ2n) is 7.87. The Hall–Kier alpha value is -3.84. The van der Waals surface area contributed by atoms with Crippen LogP contribution in [0.1, 0.15) is 11.3 Å². The third-order valence-corrected chi connectivity index (χ3v) is 5.67. The number of nitrogens with two attached hydrogens (primary N) is 1. The number of fused-ring (bicyclic) bond motifs is 1. The third kappa shape index (κ3) is 7.07. The minimum absolute atomic E-state index is 0.109. The summed E-state index contributed by atoms with van der Waals surface area (Å²) in [7, 11) is 0. The Bertz CT molecular complexity index is 1180. The molecule has 8 N–H and O–H groups in total. The number of rotatable bonds is 12. The van der Waals surface area contributed by atoms with E-state index in [4.69, 9.17) is 10.8 Å². The number of nitrogens with one attached hydrogen (secondary N) is 5. The van der Waals surface area contributed by atoms with Gasteiger partial charge in [0.05, 0.1) is 18.9 Å². The predicted molar refractivity (Wildman–Crippen MR) is 131 cm³/mol. The number of thiol groups is 1. The summed E-state index contributed by atoms with van der Waals surface area (Å²) in [5, 5.41) is 17.3. The molecule has 1 aromatic carbocycles. The second-order valence-corrected chi connectivity index (χ2v) is 8.24. The topological polar surface area (TPSA) is 195 Å². The minimum atomic E-state index is -1.24.